The first-order valence-corrected chi connectivity index (χ1v) is 18.0. The summed E-state index contributed by atoms with van der Waals surface area (Å²) in [5.41, 5.74) is 9.20. The second-order valence-corrected chi connectivity index (χ2v) is 13.7. The van der Waals surface area contributed by atoms with E-state index in [9.17, 15) is 0 Å². The standard InChI is InChI=1S/C47H29BN4O2/c1-3-4-20-36-29(2)31-15-5-10-21-37(31)51(36)44-28-45(52-38-22-11-6-16-32(38)33-17-7-12-23-39(33)52)50-47(49-44)30-26-42-46-43(27-30)54-41-25-14-9-19-35(41)48(46)34-18-8-13-24-40(34)53-42/h1,4-28H,2H3/b20-4-. The number of para-hydroxylation sites is 5. The summed E-state index contributed by atoms with van der Waals surface area (Å²) >= 11 is 0. The van der Waals surface area contributed by atoms with Gasteiger partial charge in [-0.3, -0.25) is 9.13 Å². The maximum absolute atomic E-state index is 6.68. The molecule has 5 heterocycles. The van der Waals surface area contributed by atoms with E-state index in [2.05, 4.69) is 137 Å². The van der Waals surface area contributed by atoms with E-state index < -0.39 is 0 Å². The molecule has 2 aliphatic rings. The summed E-state index contributed by atoms with van der Waals surface area (Å²) in [7, 11) is 0. The molecule has 9 aromatic rings. The smallest absolute Gasteiger partial charge is 0.260 e. The molecule has 0 saturated carbocycles. The number of terminal acetylenes is 1. The van der Waals surface area contributed by atoms with Crippen molar-refractivity contribution in [3.8, 4) is 58.4 Å². The third kappa shape index (κ3) is 4.38. The van der Waals surface area contributed by atoms with Crippen LogP contribution >= 0.6 is 0 Å². The van der Waals surface area contributed by atoms with Crippen LogP contribution in [0.5, 0.6) is 23.0 Å². The van der Waals surface area contributed by atoms with Gasteiger partial charge < -0.3 is 9.47 Å². The van der Waals surface area contributed by atoms with Gasteiger partial charge >= 0.3 is 0 Å². The predicted octanol–water partition coefficient (Wildman–Crippen LogP) is 8.87. The first-order chi connectivity index (χ1) is 26.7. The van der Waals surface area contributed by atoms with Crippen LogP contribution in [0.15, 0.2) is 146 Å². The van der Waals surface area contributed by atoms with Crippen LogP contribution in [0.1, 0.15) is 11.3 Å². The Hall–Kier alpha value is -7.30. The fraction of sp³-hybridized carbons (Fsp3) is 0.0213. The lowest BCUT2D eigenvalue weighted by Gasteiger charge is -2.33. The molecule has 0 bridgehead atoms. The Morgan fingerprint density at radius 3 is 1.69 bits per heavy atom. The average Bonchev–Trinajstić information content (AvgIpc) is 3.71. The molecule has 7 heteroatoms. The molecule has 6 aromatic carbocycles. The highest BCUT2D eigenvalue weighted by atomic mass is 16.5. The lowest BCUT2D eigenvalue weighted by Crippen LogP contribution is -2.57. The van der Waals surface area contributed by atoms with Gasteiger partial charge in [0.1, 0.15) is 34.6 Å². The summed E-state index contributed by atoms with van der Waals surface area (Å²) < 4.78 is 17.8. The van der Waals surface area contributed by atoms with E-state index in [4.69, 9.17) is 25.9 Å². The molecule has 0 fully saturated rings. The SMILES string of the molecule is C#C/C=C\c1c(C)c2ccccc2n1-c1cc(-n2c3ccccc3c3ccccc32)nc(-c2cc3c4c(c2)Oc2ccccc2B4c2ccccc2O3)n1. The number of hydrogen-bond acceptors (Lipinski definition) is 4. The molecule has 0 amide bonds. The van der Waals surface area contributed by atoms with Crippen molar-refractivity contribution in [1.82, 2.24) is 19.1 Å². The quantitative estimate of drug-likeness (QED) is 0.137. The van der Waals surface area contributed by atoms with Crippen LogP contribution in [0.3, 0.4) is 0 Å². The monoisotopic (exact) mass is 692 g/mol. The summed E-state index contributed by atoms with van der Waals surface area (Å²) in [6.07, 6.45) is 9.48. The van der Waals surface area contributed by atoms with Gasteiger partial charge in [-0.1, -0.05) is 96.9 Å². The molecule has 0 atom stereocenters. The summed E-state index contributed by atoms with van der Waals surface area (Å²) in [6.45, 7) is 2.10. The molecular formula is C47H29BN4O2. The Balaban J connectivity index is 1.21. The molecule has 0 radical (unpaired) electrons. The van der Waals surface area contributed by atoms with Gasteiger partial charge in [0.15, 0.2) is 5.82 Å². The van der Waals surface area contributed by atoms with Crippen molar-refractivity contribution in [1.29, 1.82) is 0 Å². The number of aryl methyl sites for hydroxylation is 1. The lowest BCUT2D eigenvalue weighted by molar-refractivity contribution is 0.465. The highest BCUT2D eigenvalue weighted by Crippen LogP contribution is 2.39. The molecule has 54 heavy (non-hydrogen) atoms. The third-order valence-corrected chi connectivity index (χ3v) is 10.8. The number of aromatic nitrogens is 4. The predicted molar refractivity (Wildman–Crippen MR) is 219 cm³/mol. The van der Waals surface area contributed by atoms with E-state index in [-0.39, 0.29) is 6.71 Å². The number of benzene rings is 6. The topological polar surface area (TPSA) is 54.1 Å². The van der Waals surface area contributed by atoms with Crippen molar-refractivity contribution in [3.05, 3.63) is 157 Å². The fourth-order valence-corrected chi connectivity index (χ4v) is 8.47. The number of ether oxygens (including phenoxy) is 2. The third-order valence-electron chi connectivity index (χ3n) is 10.8. The van der Waals surface area contributed by atoms with Crippen LogP contribution in [0.25, 0.3) is 61.8 Å². The molecule has 6 nitrogen and oxygen atoms in total. The van der Waals surface area contributed by atoms with Crippen molar-refractivity contribution in [2.45, 2.75) is 6.92 Å². The van der Waals surface area contributed by atoms with Crippen molar-refractivity contribution in [2.75, 3.05) is 0 Å². The number of nitrogens with zero attached hydrogens (tertiary/aromatic N) is 4. The summed E-state index contributed by atoms with van der Waals surface area (Å²) in [5, 5.41) is 3.42. The van der Waals surface area contributed by atoms with Gasteiger partial charge in [-0.25, -0.2) is 9.97 Å². The van der Waals surface area contributed by atoms with Crippen molar-refractivity contribution in [3.63, 3.8) is 0 Å². The minimum Gasteiger partial charge on any atom is -0.458 e. The van der Waals surface area contributed by atoms with Gasteiger partial charge in [-0.05, 0) is 78.0 Å². The zero-order chi connectivity index (χ0) is 35.9. The summed E-state index contributed by atoms with van der Waals surface area (Å²) in [5.74, 6) is 7.78. The zero-order valence-electron chi connectivity index (χ0n) is 29.2. The van der Waals surface area contributed by atoms with Crippen LogP contribution < -0.4 is 25.9 Å². The molecule has 252 valence electrons. The summed E-state index contributed by atoms with van der Waals surface area (Å²) in [6, 6.07) is 48.0. The van der Waals surface area contributed by atoms with Crippen LogP contribution in [0.4, 0.5) is 0 Å². The van der Waals surface area contributed by atoms with Gasteiger partial charge in [0.25, 0.3) is 6.71 Å². The second kappa shape index (κ2) is 11.6. The maximum Gasteiger partial charge on any atom is 0.260 e. The Labute approximate surface area is 311 Å². The maximum atomic E-state index is 6.68. The molecular weight excluding hydrogens is 663 g/mol. The minimum atomic E-state index is -0.0286. The number of rotatable bonds is 4. The van der Waals surface area contributed by atoms with E-state index in [1.54, 1.807) is 6.08 Å². The summed E-state index contributed by atoms with van der Waals surface area (Å²) in [4.78, 5) is 10.7. The number of hydrogen-bond donors (Lipinski definition) is 0. The zero-order valence-corrected chi connectivity index (χ0v) is 29.2. The Morgan fingerprint density at radius 2 is 1.09 bits per heavy atom. The molecule has 0 unspecified atom stereocenters. The van der Waals surface area contributed by atoms with Crippen LogP contribution in [0.2, 0.25) is 0 Å². The first kappa shape index (κ1) is 30.3. The Kier molecular flexibility index (Phi) is 6.52. The van der Waals surface area contributed by atoms with Gasteiger partial charge in [0, 0.05) is 33.3 Å². The number of allylic oxidation sites excluding steroid dienone is 1. The van der Waals surface area contributed by atoms with Gasteiger partial charge in [0.05, 0.1) is 22.2 Å². The molecule has 0 aliphatic carbocycles. The average molecular weight is 693 g/mol. The molecule has 2 aliphatic heterocycles. The molecule has 0 N–H and O–H groups in total. The minimum absolute atomic E-state index is 0.0286. The van der Waals surface area contributed by atoms with Crippen LogP contribution in [0, 0.1) is 19.3 Å². The molecule has 3 aromatic heterocycles. The van der Waals surface area contributed by atoms with E-state index in [0.29, 0.717) is 11.6 Å². The normalized spacial score (nSPS) is 12.7. The Bertz CT molecular complexity index is 2990. The van der Waals surface area contributed by atoms with Gasteiger partial charge in [-0.15, -0.1) is 6.42 Å². The molecule has 0 saturated heterocycles. The van der Waals surface area contributed by atoms with Crippen molar-refractivity contribution < 1.29 is 9.47 Å². The first-order valence-electron chi connectivity index (χ1n) is 18.0. The fourth-order valence-electron chi connectivity index (χ4n) is 8.47. The van der Waals surface area contributed by atoms with Gasteiger partial charge in [-0.2, -0.15) is 0 Å². The lowest BCUT2D eigenvalue weighted by atomic mass is 9.35. The van der Waals surface area contributed by atoms with Crippen LogP contribution in [-0.2, 0) is 0 Å². The van der Waals surface area contributed by atoms with Crippen molar-refractivity contribution in [2.24, 2.45) is 0 Å². The van der Waals surface area contributed by atoms with E-state index in [1.807, 2.05) is 30.3 Å². The second-order valence-electron chi connectivity index (χ2n) is 13.7. The highest BCUT2D eigenvalue weighted by Gasteiger charge is 2.40. The molecule has 0 spiro atoms. The van der Waals surface area contributed by atoms with E-state index in [1.165, 1.54) is 0 Å². The van der Waals surface area contributed by atoms with Gasteiger partial charge in [0.2, 0.25) is 0 Å². The highest BCUT2D eigenvalue weighted by molar-refractivity contribution is 6.98. The number of fused-ring (bicyclic) bond motifs is 8. The largest absolute Gasteiger partial charge is 0.458 e. The Morgan fingerprint density at radius 1 is 0.593 bits per heavy atom. The van der Waals surface area contributed by atoms with E-state index in [0.717, 1.165) is 94.7 Å². The van der Waals surface area contributed by atoms with E-state index >= 15 is 0 Å². The molecule has 11 rings (SSSR count). The van der Waals surface area contributed by atoms with Crippen molar-refractivity contribution >= 4 is 61.9 Å². The van der Waals surface area contributed by atoms with Crippen LogP contribution in [-0.4, -0.2) is 25.8 Å².